The van der Waals surface area contributed by atoms with Gasteiger partial charge in [-0.1, -0.05) is 0 Å². The number of carbonyl (C=O) groups is 1. The fourth-order valence-corrected chi connectivity index (χ4v) is 0.722. The summed E-state index contributed by atoms with van der Waals surface area (Å²) in [5, 5.41) is 8.19. The number of nitrogens with zero attached hydrogens (tertiary/aromatic N) is 2. The van der Waals surface area contributed by atoms with Crippen LogP contribution in [0.2, 0.25) is 0 Å². The van der Waals surface area contributed by atoms with Crippen molar-refractivity contribution < 1.29 is 9.21 Å². The second-order valence-electron chi connectivity index (χ2n) is 2.02. The molecule has 1 aromatic heterocycles. The van der Waals surface area contributed by atoms with Crippen LogP contribution in [0.15, 0.2) is 10.8 Å². The highest BCUT2D eigenvalue weighted by Gasteiger charge is 2.12. The average Bonchev–Trinajstić information content (AvgIpc) is 2.36. The highest BCUT2D eigenvalue weighted by molar-refractivity contribution is 5.95. The Kier molecular flexibility index (Phi) is 2.02. The van der Waals surface area contributed by atoms with Crippen LogP contribution in [0.4, 0.5) is 0 Å². The van der Waals surface area contributed by atoms with E-state index >= 15 is 0 Å². The van der Waals surface area contributed by atoms with Gasteiger partial charge in [0.1, 0.15) is 6.42 Å². The van der Waals surface area contributed by atoms with Gasteiger partial charge in [-0.3, -0.25) is 4.79 Å². The van der Waals surface area contributed by atoms with E-state index in [9.17, 15) is 4.79 Å². The molecule has 1 rings (SSSR count). The highest BCUT2D eigenvalue weighted by atomic mass is 16.3. The van der Waals surface area contributed by atoms with Gasteiger partial charge >= 0.3 is 0 Å². The summed E-state index contributed by atoms with van der Waals surface area (Å²) in [5.74, 6) is -0.131. The van der Waals surface area contributed by atoms with Crippen LogP contribution in [0.25, 0.3) is 0 Å². The lowest BCUT2D eigenvalue weighted by Crippen LogP contribution is -1.97. The van der Waals surface area contributed by atoms with E-state index in [2.05, 4.69) is 4.98 Å². The molecule has 0 saturated heterocycles. The maximum absolute atomic E-state index is 11.0. The Bertz CT molecular complexity index is 308. The van der Waals surface area contributed by atoms with Crippen LogP contribution < -0.4 is 0 Å². The number of aryl methyl sites for hydroxylation is 1. The molecule has 4 heteroatoms. The molecule has 0 saturated carbocycles. The fraction of sp³-hybridized carbons (Fsp3) is 0.286. The summed E-state index contributed by atoms with van der Waals surface area (Å²) in [6, 6.07) is 1.75. The second kappa shape index (κ2) is 2.97. The zero-order valence-electron chi connectivity index (χ0n) is 6.00. The van der Waals surface area contributed by atoms with Crippen molar-refractivity contribution in [3.05, 3.63) is 17.8 Å². The van der Waals surface area contributed by atoms with E-state index < -0.39 is 0 Å². The van der Waals surface area contributed by atoms with E-state index in [0.29, 0.717) is 5.69 Å². The molecule has 0 N–H and O–H groups in total. The van der Waals surface area contributed by atoms with E-state index in [0.717, 1.165) is 0 Å². The second-order valence-corrected chi connectivity index (χ2v) is 2.02. The first-order valence-electron chi connectivity index (χ1n) is 3.06. The zero-order chi connectivity index (χ0) is 8.27. The quantitative estimate of drug-likeness (QED) is 0.591. The maximum Gasteiger partial charge on any atom is 0.213 e. The Hall–Kier alpha value is -1.63. The largest absolute Gasteiger partial charge is 0.440 e. The molecule has 1 aromatic rings. The number of hydrogen-bond donors (Lipinski definition) is 0. The van der Waals surface area contributed by atoms with Crippen molar-refractivity contribution in [2.24, 2.45) is 0 Å². The molecule has 0 amide bonds. The first-order valence-corrected chi connectivity index (χ1v) is 3.06. The molecule has 0 spiro atoms. The fourth-order valence-electron chi connectivity index (χ4n) is 0.722. The number of ketones is 1. The van der Waals surface area contributed by atoms with Crippen LogP contribution >= 0.6 is 0 Å². The Morgan fingerprint density at radius 3 is 3.09 bits per heavy atom. The van der Waals surface area contributed by atoms with Gasteiger partial charge in [0.25, 0.3) is 0 Å². The lowest BCUT2D eigenvalue weighted by molar-refractivity contribution is 0.0970. The lowest BCUT2D eigenvalue weighted by Gasteiger charge is -1.88. The number of hydrogen-bond acceptors (Lipinski definition) is 4. The Morgan fingerprint density at radius 1 is 1.91 bits per heavy atom. The molecule has 0 atom stereocenters. The van der Waals surface area contributed by atoms with Crippen molar-refractivity contribution in [1.29, 1.82) is 5.26 Å². The predicted molar refractivity (Wildman–Crippen MR) is 35.8 cm³/mol. The summed E-state index contributed by atoms with van der Waals surface area (Å²) in [7, 11) is 0. The molecule has 0 aliphatic rings. The number of aromatic nitrogens is 1. The molecule has 11 heavy (non-hydrogen) atoms. The van der Waals surface area contributed by atoms with Gasteiger partial charge in [-0.25, -0.2) is 4.98 Å². The predicted octanol–water partition coefficient (Wildman–Crippen LogP) is 1.08. The van der Waals surface area contributed by atoms with Crippen LogP contribution in [-0.4, -0.2) is 10.8 Å². The van der Waals surface area contributed by atoms with E-state index in [1.165, 1.54) is 6.39 Å². The van der Waals surface area contributed by atoms with Gasteiger partial charge in [0.05, 0.1) is 11.8 Å². The van der Waals surface area contributed by atoms with E-state index in [-0.39, 0.29) is 18.0 Å². The number of rotatable bonds is 2. The highest BCUT2D eigenvalue weighted by Crippen LogP contribution is 2.07. The van der Waals surface area contributed by atoms with Crippen molar-refractivity contribution in [1.82, 2.24) is 4.98 Å². The van der Waals surface area contributed by atoms with Gasteiger partial charge in [0, 0.05) is 0 Å². The molecule has 0 aliphatic heterocycles. The van der Waals surface area contributed by atoms with Crippen LogP contribution in [0.5, 0.6) is 0 Å². The van der Waals surface area contributed by atoms with E-state index in [1.807, 2.05) is 0 Å². The van der Waals surface area contributed by atoms with Gasteiger partial charge in [-0.15, -0.1) is 0 Å². The topological polar surface area (TPSA) is 66.9 Å². The standard InChI is InChI=1S/C7H6N2O2/c1-5-7(11-4-9-5)6(10)2-3-8/h4H,2H2,1H3. The third kappa shape index (κ3) is 1.44. The molecule has 56 valence electrons. The molecule has 1 heterocycles. The maximum atomic E-state index is 11.0. The molecular weight excluding hydrogens is 144 g/mol. The first-order chi connectivity index (χ1) is 5.25. The van der Waals surface area contributed by atoms with Gasteiger partial charge in [0.15, 0.2) is 12.2 Å². The normalized spacial score (nSPS) is 9.09. The van der Waals surface area contributed by atoms with Crippen molar-refractivity contribution in [2.75, 3.05) is 0 Å². The van der Waals surface area contributed by atoms with E-state index in [4.69, 9.17) is 9.68 Å². The number of Topliss-reactive ketones (excluding diaryl/α,β-unsaturated/α-hetero) is 1. The van der Waals surface area contributed by atoms with Crippen LogP contribution in [-0.2, 0) is 0 Å². The summed E-state index contributed by atoms with van der Waals surface area (Å²) in [5.41, 5.74) is 0.533. The smallest absolute Gasteiger partial charge is 0.213 e. The van der Waals surface area contributed by atoms with Gasteiger partial charge in [-0.05, 0) is 6.92 Å². The van der Waals surface area contributed by atoms with Crippen LogP contribution in [0.1, 0.15) is 22.7 Å². The lowest BCUT2D eigenvalue weighted by atomic mass is 10.2. The molecule has 0 aliphatic carbocycles. The minimum Gasteiger partial charge on any atom is -0.440 e. The van der Waals surface area contributed by atoms with Crippen molar-refractivity contribution in [3.8, 4) is 6.07 Å². The number of carbonyl (C=O) groups excluding carboxylic acids is 1. The van der Waals surface area contributed by atoms with Crippen LogP contribution in [0.3, 0.4) is 0 Å². The van der Waals surface area contributed by atoms with Crippen LogP contribution in [0, 0.1) is 18.3 Å². The minimum atomic E-state index is -0.317. The Balaban J connectivity index is 2.86. The third-order valence-electron chi connectivity index (χ3n) is 1.24. The van der Waals surface area contributed by atoms with Crippen molar-refractivity contribution >= 4 is 5.78 Å². The molecule has 0 fully saturated rings. The van der Waals surface area contributed by atoms with E-state index in [1.54, 1.807) is 13.0 Å². The summed E-state index contributed by atoms with van der Waals surface area (Å²) in [6.45, 7) is 1.66. The zero-order valence-corrected chi connectivity index (χ0v) is 6.00. The summed E-state index contributed by atoms with van der Waals surface area (Å²) < 4.78 is 4.77. The molecule has 0 radical (unpaired) electrons. The monoisotopic (exact) mass is 150 g/mol. The Labute approximate surface area is 63.5 Å². The number of nitriles is 1. The summed E-state index contributed by atoms with van der Waals surface area (Å²) >= 11 is 0. The van der Waals surface area contributed by atoms with Crippen molar-refractivity contribution in [2.45, 2.75) is 13.3 Å². The third-order valence-corrected chi connectivity index (χ3v) is 1.24. The number of oxazole rings is 1. The Morgan fingerprint density at radius 2 is 2.64 bits per heavy atom. The molecule has 4 nitrogen and oxygen atoms in total. The van der Waals surface area contributed by atoms with Gasteiger partial charge in [0.2, 0.25) is 5.78 Å². The minimum absolute atomic E-state index is 0.157. The SMILES string of the molecule is Cc1ncoc1C(=O)CC#N. The molecule has 0 aromatic carbocycles. The summed E-state index contributed by atoms with van der Waals surface area (Å²) in [6.07, 6.45) is 1.04. The average molecular weight is 150 g/mol. The van der Waals surface area contributed by atoms with Gasteiger partial charge < -0.3 is 4.42 Å². The molecule has 0 unspecified atom stereocenters. The summed E-state index contributed by atoms with van der Waals surface area (Å²) in [4.78, 5) is 14.7. The first kappa shape index (κ1) is 7.48. The molecule has 0 bridgehead atoms. The molecular formula is C7H6N2O2. The van der Waals surface area contributed by atoms with Gasteiger partial charge in [-0.2, -0.15) is 5.26 Å². The van der Waals surface area contributed by atoms with Crippen molar-refractivity contribution in [3.63, 3.8) is 0 Å².